The second-order valence-corrected chi connectivity index (χ2v) is 21.9. The van der Waals surface area contributed by atoms with Crippen LogP contribution in [0, 0.1) is 5.92 Å². The number of carboxylic acid groups (broad SMARTS) is 3. The van der Waals surface area contributed by atoms with Gasteiger partial charge in [0.05, 0.1) is 18.9 Å². The Labute approximate surface area is 504 Å². The number of thioether (sulfide) groups is 1. The van der Waals surface area contributed by atoms with E-state index in [1.165, 1.54) is 67.2 Å². The number of carbonyl (C=O) groups is 11. The molecule has 0 aliphatic carbocycles. The molecule has 4 rings (SSSR count). The van der Waals surface area contributed by atoms with Crippen molar-refractivity contribution in [2.75, 3.05) is 18.6 Å². The van der Waals surface area contributed by atoms with Gasteiger partial charge < -0.3 is 90.3 Å². The maximum absolute atomic E-state index is 14.4. The number of H-pyrrole nitrogens is 1. The van der Waals surface area contributed by atoms with E-state index in [0.29, 0.717) is 16.7 Å². The molecular formula is C57H77N13O16S. The fourth-order valence-electron chi connectivity index (χ4n) is 8.84. The Morgan fingerprint density at radius 2 is 0.989 bits per heavy atom. The molecule has 4 aromatic rings. The van der Waals surface area contributed by atoms with Gasteiger partial charge in [-0.3, -0.25) is 52.9 Å². The molecule has 20 N–H and O–H groups in total. The number of phenols is 2. The predicted molar refractivity (Wildman–Crippen MR) is 319 cm³/mol. The zero-order chi connectivity index (χ0) is 64.5. The minimum Gasteiger partial charge on any atom is -0.508 e. The second kappa shape index (κ2) is 34.5. The molecular weight excluding hydrogens is 1150 g/mol. The second-order valence-electron chi connectivity index (χ2n) is 21.0. The van der Waals surface area contributed by atoms with E-state index < -0.39 is 132 Å². The van der Waals surface area contributed by atoms with Crippen LogP contribution in [-0.4, -0.2) is 175 Å². The minimum atomic E-state index is -1.83. The van der Waals surface area contributed by atoms with Crippen LogP contribution in [0.2, 0.25) is 0 Å². The van der Waals surface area contributed by atoms with Crippen molar-refractivity contribution in [3.63, 3.8) is 0 Å². The van der Waals surface area contributed by atoms with Crippen LogP contribution in [0.5, 0.6) is 11.5 Å². The highest BCUT2D eigenvalue weighted by molar-refractivity contribution is 7.98. The first-order valence-electron chi connectivity index (χ1n) is 27.6. The summed E-state index contributed by atoms with van der Waals surface area (Å²) in [5, 5.41) is 69.4. The number of hydrogen-bond acceptors (Lipinski definition) is 16. The van der Waals surface area contributed by atoms with Crippen molar-refractivity contribution >= 4 is 93.8 Å². The average molecular weight is 1230 g/mol. The standard InChI is InChI=1S/C57H77N13O16S/c1-29(2)22-41(67-50(79)39(10-7-20-61-57(59)60)65-54(83)43(26-46(73)74)66-49(78)37(58)25-33-28-62-38-9-6-5-8-36(33)38)53(82)68-42(23-31-11-15-34(71)16-12-31)52(81)63-30(3)48(77)64-40(19-21-87-4)51(80)69-44(27-47(75)76)55(84)70-45(56(85)86)24-32-13-17-35(72)18-14-32/h5-6,8-9,11-18,28-30,37,39-45,62,71-72H,7,10,19-27,58H2,1-4H3,(H,63,81)(H,64,77)(H,65,83)(H,66,78)(H,67,79)(H,68,82)(H,69,80)(H,70,84)(H,73,74)(H,75,76)(H,85,86)(H4,59,60,61)/t30-,37-,39-,40-,41-,42-,43-,44-,45-/m0/s1. The van der Waals surface area contributed by atoms with Gasteiger partial charge in [-0.15, -0.1) is 0 Å². The molecule has 0 radical (unpaired) electrons. The van der Waals surface area contributed by atoms with Crippen molar-refractivity contribution in [2.45, 2.75) is 133 Å². The highest BCUT2D eigenvalue weighted by atomic mass is 32.2. The molecule has 0 unspecified atom stereocenters. The van der Waals surface area contributed by atoms with Crippen molar-refractivity contribution in [1.29, 1.82) is 0 Å². The lowest BCUT2D eigenvalue weighted by molar-refractivity contribution is -0.144. The lowest BCUT2D eigenvalue weighted by Crippen LogP contribution is -2.60. The molecule has 0 aliphatic heterocycles. The van der Waals surface area contributed by atoms with Crippen LogP contribution in [0.25, 0.3) is 10.9 Å². The third-order valence-corrected chi connectivity index (χ3v) is 14.0. The number of nitrogens with one attached hydrogen (secondary N) is 9. The van der Waals surface area contributed by atoms with E-state index in [9.17, 15) is 78.3 Å². The highest BCUT2D eigenvalue weighted by Crippen LogP contribution is 2.20. The van der Waals surface area contributed by atoms with Gasteiger partial charge in [-0.1, -0.05) is 56.3 Å². The van der Waals surface area contributed by atoms with E-state index in [4.69, 9.17) is 17.2 Å². The molecule has 0 saturated carbocycles. The predicted octanol–water partition coefficient (Wildman–Crippen LogP) is -1.28. The monoisotopic (exact) mass is 1230 g/mol. The number of nitrogens with zero attached hydrogens (tertiary/aromatic N) is 1. The zero-order valence-corrected chi connectivity index (χ0v) is 49.2. The summed E-state index contributed by atoms with van der Waals surface area (Å²) in [5.74, 6) is -13.0. The first-order valence-corrected chi connectivity index (χ1v) is 29.0. The first kappa shape index (κ1) is 70.0. The smallest absolute Gasteiger partial charge is 0.326 e. The van der Waals surface area contributed by atoms with Crippen molar-refractivity contribution in [1.82, 2.24) is 47.5 Å². The number of aliphatic carboxylic acids is 3. The van der Waals surface area contributed by atoms with Crippen molar-refractivity contribution in [3.8, 4) is 11.5 Å². The van der Waals surface area contributed by atoms with Gasteiger partial charge in [-0.25, -0.2) is 4.79 Å². The summed E-state index contributed by atoms with van der Waals surface area (Å²) < 4.78 is 0. The number of rotatable bonds is 36. The largest absolute Gasteiger partial charge is 0.508 e. The molecule has 30 heteroatoms. The Hall–Kier alpha value is -9.45. The normalized spacial score (nSPS) is 14.2. The number of aromatic hydroxyl groups is 2. The third-order valence-electron chi connectivity index (χ3n) is 13.4. The van der Waals surface area contributed by atoms with Gasteiger partial charge >= 0.3 is 17.9 Å². The Bertz CT molecular complexity index is 3080. The fraction of sp³-hybridized carbons (Fsp3) is 0.439. The van der Waals surface area contributed by atoms with Crippen LogP contribution in [0.15, 0.2) is 84.0 Å². The quantitative estimate of drug-likeness (QED) is 0.0143. The van der Waals surface area contributed by atoms with Gasteiger partial charge in [0.15, 0.2) is 5.96 Å². The maximum Gasteiger partial charge on any atom is 0.326 e. The van der Waals surface area contributed by atoms with Crippen LogP contribution >= 0.6 is 11.8 Å². The minimum absolute atomic E-state index is 0.00752. The summed E-state index contributed by atoms with van der Waals surface area (Å²) in [6.07, 6.45) is 0.668. The Kier molecular flexibility index (Phi) is 27.8. The Morgan fingerprint density at radius 3 is 1.52 bits per heavy atom. The number of carboxylic acids is 3. The van der Waals surface area contributed by atoms with Gasteiger partial charge in [0.1, 0.15) is 59.8 Å². The number of carbonyl (C=O) groups excluding carboxylic acids is 8. The highest BCUT2D eigenvalue weighted by Gasteiger charge is 2.36. The Balaban J connectivity index is 1.54. The lowest BCUT2D eigenvalue weighted by atomic mass is 10.00. The number of nitrogens with two attached hydrogens (primary N) is 3. The molecule has 1 heterocycles. The van der Waals surface area contributed by atoms with E-state index in [1.807, 2.05) is 18.2 Å². The number of hydrogen-bond donors (Lipinski definition) is 17. The first-order chi connectivity index (χ1) is 41.1. The van der Waals surface area contributed by atoms with Crippen molar-refractivity contribution in [3.05, 3.63) is 95.7 Å². The summed E-state index contributed by atoms with van der Waals surface area (Å²) in [5.41, 5.74) is 19.5. The van der Waals surface area contributed by atoms with Gasteiger partial charge in [-0.05, 0) is 104 Å². The van der Waals surface area contributed by atoms with Gasteiger partial charge in [0.25, 0.3) is 0 Å². The van der Waals surface area contributed by atoms with E-state index in [2.05, 4.69) is 52.5 Å². The summed E-state index contributed by atoms with van der Waals surface area (Å²) in [4.78, 5) is 155. The number of aromatic amines is 1. The molecule has 3 aromatic carbocycles. The third kappa shape index (κ3) is 23.9. The number of phenolic OH excluding ortho intramolecular Hbond substituents is 2. The number of aromatic nitrogens is 1. The molecule has 8 amide bonds. The molecule has 472 valence electrons. The van der Waals surface area contributed by atoms with Gasteiger partial charge in [0.2, 0.25) is 47.3 Å². The Morgan fingerprint density at radius 1 is 0.540 bits per heavy atom. The van der Waals surface area contributed by atoms with Crippen LogP contribution in [0.1, 0.15) is 76.0 Å². The van der Waals surface area contributed by atoms with Gasteiger partial charge in [0, 0.05) is 36.5 Å². The van der Waals surface area contributed by atoms with E-state index in [-0.39, 0.29) is 80.6 Å². The summed E-state index contributed by atoms with van der Waals surface area (Å²) in [6.45, 7) is 4.69. The molecule has 0 bridgehead atoms. The average Bonchev–Trinajstić information content (AvgIpc) is 2.76. The van der Waals surface area contributed by atoms with E-state index >= 15 is 0 Å². The number of fused-ring (bicyclic) bond motifs is 1. The van der Waals surface area contributed by atoms with Crippen LogP contribution in [-0.2, 0) is 72.0 Å². The van der Waals surface area contributed by atoms with E-state index in [0.717, 1.165) is 10.9 Å². The molecule has 1 aromatic heterocycles. The molecule has 9 atom stereocenters. The topological polar surface area (TPSA) is 491 Å². The van der Waals surface area contributed by atoms with Crippen LogP contribution < -0.4 is 59.7 Å². The summed E-state index contributed by atoms with van der Waals surface area (Å²) >= 11 is 1.27. The molecule has 87 heavy (non-hydrogen) atoms. The molecule has 0 fully saturated rings. The number of para-hydroxylation sites is 1. The van der Waals surface area contributed by atoms with Crippen LogP contribution in [0.4, 0.5) is 0 Å². The maximum atomic E-state index is 14.4. The van der Waals surface area contributed by atoms with Gasteiger partial charge in [-0.2, -0.15) is 11.8 Å². The molecule has 0 spiro atoms. The number of amides is 8. The van der Waals surface area contributed by atoms with Crippen LogP contribution in [0.3, 0.4) is 0 Å². The number of aliphatic imine (C=N–C) groups is 1. The van der Waals surface area contributed by atoms with Crippen molar-refractivity contribution in [2.24, 2.45) is 28.1 Å². The molecule has 0 aliphatic rings. The van der Waals surface area contributed by atoms with Crippen molar-refractivity contribution < 1.29 is 78.3 Å². The lowest BCUT2D eigenvalue weighted by Gasteiger charge is -2.28. The number of guanidine groups is 1. The molecule has 0 saturated heterocycles. The SMILES string of the molecule is CSCC[C@H](NC(=O)[C@H](C)NC(=O)[C@H](Cc1ccc(O)cc1)NC(=O)[C@H](CC(C)C)NC(=O)[C@H](CCCN=C(N)N)NC(=O)[C@H](CC(=O)O)NC(=O)[C@@H](N)Cc1c[nH]c2ccccc12)C(=O)N[C@@H](CC(=O)O)C(=O)N[C@@H](Cc1ccc(O)cc1)C(=O)O. The van der Waals surface area contributed by atoms with E-state index in [1.54, 1.807) is 32.4 Å². The summed E-state index contributed by atoms with van der Waals surface area (Å²) in [6, 6.07) is 4.48. The molecule has 29 nitrogen and oxygen atoms in total. The summed E-state index contributed by atoms with van der Waals surface area (Å²) in [7, 11) is 0. The zero-order valence-electron chi connectivity index (χ0n) is 48.4. The fourth-order valence-corrected chi connectivity index (χ4v) is 9.31. The number of benzene rings is 3.